The zero-order valence-corrected chi connectivity index (χ0v) is 89.3. The van der Waals surface area contributed by atoms with Gasteiger partial charge in [-0.15, -0.1) is 0 Å². The van der Waals surface area contributed by atoms with E-state index < -0.39 is 102 Å². The van der Waals surface area contributed by atoms with Gasteiger partial charge in [-0.2, -0.15) is 0 Å². The number of likely N-dealkylation sites (tertiary alicyclic amines) is 4. The number of aliphatic hydroxyl groups is 4. The van der Waals surface area contributed by atoms with Crippen LogP contribution in [0.5, 0.6) is 23.0 Å². The fourth-order valence-electron chi connectivity index (χ4n) is 31.6. The van der Waals surface area contributed by atoms with Gasteiger partial charge in [-0.1, -0.05) is 54.6 Å². The van der Waals surface area contributed by atoms with Crippen molar-refractivity contribution in [1.82, 2.24) is 58.8 Å². The SMILES string of the molecule is CCN1C(=O)N(CC)[C@]2(CC[C@@]3(O)[C@H]4Cc5ccc(OC)cc5[C@@]3(CCN4C(=O)OC(C)(C)C)C2)C1=O.CCN1C(=O)N(CC)[C@]2(CC[C@@]3(O)[C@H]4Cc5ccc(OC)cc5[C@@]3(CCN4C)C2)C1=O.CCN1C(=O)N(CC)[C@]2(CC[C@@]3(O)[C@H]4Cc5ccc(OC)cc5[C@@]3(CCN4CCc3ccccc3)C2)C1=O.COc1ccc2c(c1)[C@]13CCN(C(=O)OC(C)(C)C)[C@H](C2)[C@]1(O)CC[C@]1(C3)C(=O)N(CC2CC2)C(=O)N1CC1CC1. The van der Waals surface area contributed by atoms with Crippen molar-refractivity contribution in [3.05, 3.63) is 153 Å². The minimum Gasteiger partial charge on any atom is -0.497 e. The van der Waals surface area contributed by atoms with E-state index in [-0.39, 0.29) is 59.8 Å². The van der Waals surface area contributed by atoms with Crippen molar-refractivity contribution in [1.29, 1.82) is 0 Å². The van der Waals surface area contributed by atoms with E-state index in [1.54, 1.807) is 52.9 Å². The zero-order valence-electron chi connectivity index (χ0n) is 89.3. The van der Waals surface area contributed by atoms with E-state index in [0.29, 0.717) is 192 Å². The Morgan fingerprint density at radius 2 is 0.660 bits per heavy atom. The molecule has 8 bridgehead atoms. The average Bonchev–Trinajstić information content (AvgIpc) is 1.65. The molecule has 4 N–H and O–H groups in total. The van der Waals surface area contributed by atoms with Gasteiger partial charge < -0.3 is 83.1 Å². The average molecular weight is 2020 g/mol. The number of urea groups is 4. The first-order valence-corrected chi connectivity index (χ1v) is 54.5. The van der Waals surface area contributed by atoms with Crippen LogP contribution in [0.3, 0.4) is 0 Å². The topological polar surface area (TPSA) is 346 Å². The van der Waals surface area contributed by atoms with Crippen LogP contribution in [0.1, 0.15) is 262 Å². The minimum absolute atomic E-state index is 0.00376. The van der Waals surface area contributed by atoms with Gasteiger partial charge >= 0.3 is 36.3 Å². The lowest BCUT2D eigenvalue weighted by atomic mass is 9.46. The summed E-state index contributed by atoms with van der Waals surface area (Å²) in [5.41, 5.74) is -2.52. The summed E-state index contributed by atoms with van der Waals surface area (Å²) >= 11 is 0. The first kappa shape index (κ1) is 104. The third-order valence-electron chi connectivity index (χ3n) is 39.0. The van der Waals surface area contributed by atoms with Gasteiger partial charge in [-0.05, 0) is 374 Å². The first-order valence-electron chi connectivity index (χ1n) is 54.5. The van der Waals surface area contributed by atoms with Crippen LogP contribution in [0.4, 0.5) is 28.8 Å². The highest BCUT2D eigenvalue weighted by molar-refractivity contribution is 6.10. The molecule has 794 valence electrons. The van der Waals surface area contributed by atoms with Crippen LogP contribution in [0, 0.1) is 11.8 Å². The summed E-state index contributed by atoms with van der Waals surface area (Å²) in [5, 5.41) is 50.6. The van der Waals surface area contributed by atoms with Gasteiger partial charge in [0.05, 0.1) is 62.9 Å². The molecule has 14 amide bonds. The number of ether oxygens (including phenoxy) is 6. The van der Waals surface area contributed by atoms with Crippen LogP contribution in [-0.2, 0) is 82.4 Å². The molecule has 32 heteroatoms. The molecule has 0 radical (unpaired) electrons. The molecule has 14 fully saturated rings. The molecule has 32 nitrogen and oxygen atoms in total. The van der Waals surface area contributed by atoms with Crippen molar-refractivity contribution in [3.8, 4) is 23.0 Å². The van der Waals surface area contributed by atoms with Crippen LogP contribution < -0.4 is 18.9 Å². The Bertz CT molecular complexity index is 6080. The maximum Gasteiger partial charge on any atom is 0.410 e. The van der Waals surface area contributed by atoms with Crippen LogP contribution in [0.15, 0.2) is 103 Å². The number of carbonyl (C=O) groups excluding carboxylic acids is 10. The lowest BCUT2D eigenvalue weighted by molar-refractivity contribution is -0.188. The van der Waals surface area contributed by atoms with Gasteiger partial charge in [-0.25, -0.2) is 28.8 Å². The summed E-state index contributed by atoms with van der Waals surface area (Å²) < 4.78 is 33.9. The molecule has 0 aromatic heterocycles. The zero-order chi connectivity index (χ0) is 105. The second kappa shape index (κ2) is 36.9. The van der Waals surface area contributed by atoms with Crippen LogP contribution in [-0.4, -0.2) is 340 Å². The maximum absolute atomic E-state index is 14.4. The van der Waals surface area contributed by atoms with Crippen molar-refractivity contribution in [2.45, 2.75) is 345 Å². The summed E-state index contributed by atoms with van der Waals surface area (Å²) in [7, 11) is 8.67. The molecule has 6 saturated carbocycles. The van der Waals surface area contributed by atoms with E-state index in [1.165, 1.54) is 36.3 Å². The number of hydrogen-bond acceptors (Lipinski definition) is 22. The molecule has 8 heterocycles. The number of hydrogen-bond donors (Lipinski definition) is 4. The Hall–Kier alpha value is -10.6. The second-order valence-corrected chi connectivity index (χ2v) is 47.9. The predicted molar refractivity (Wildman–Crippen MR) is 548 cm³/mol. The molecule has 4 spiro atoms. The summed E-state index contributed by atoms with van der Waals surface area (Å²) in [6.07, 6.45) is 14.2. The van der Waals surface area contributed by atoms with Crippen molar-refractivity contribution < 1.29 is 96.8 Å². The van der Waals surface area contributed by atoms with E-state index in [4.69, 9.17) is 28.4 Å². The summed E-state index contributed by atoms with van der Waals surface area (Å²) in [4.78, 5) is 157. The van der Waals surface area contributed by atoms with E-state index in [0.717, 1.165) is 122 Å². The molecular weight excluding hydrogens is 1870 g/mol. The van der Waals surface area contributed by atoms with Gasteiger partial charge in [0.15, 0.2) is 0 Å². The number of rotatable bonds is 17. The van der Waals surface area contributed by atoms with Crippen LogP contribution in [0.25, 0.3) is 0 Å². The summed E-state index contributed by atoms with van der Waals surface area (Å²) in [6.45, 7) is 29.3. The number of piperidine rings is 4. The number of methoxy groups -OCH3 is 4. The van der Waals surface area contributed by atoms with Gasteiger partial charge in [0.25, 0.3) is 23.6 Å². The van der Waals surface area contributed by atoms with Gasteiger partial charge in [-0.3, -0.25) is 43.7 Å². The minimum atomic E-state index is -1.28. The van der Waals surface area contributed by atoms with Gasteiger partial charge in [0.2, 0.25) is 0 Å². The fourth-order valence-corrected chi connectivity index (χ4v) is 31.6. The normalized spacial score (nSPS) is 34.2. The molecule has 16 atom stereocenters. The molecule has 23 rings (SSSR count). The molecule has 8 aliphatic heterocycles. The summed E-state index contributed by atoms with van der Waals surface area (Å²) in [6, 6.07) is 32.9. The van der Waals surface area contributed by atoms with E-state index >= 15 is 0 Å². The lowest BCUT2D eigenvalue weighted by Gasteiger charge is -2.66. The first-order chi connectivity index (χ1) is 69.9. The second-order valence-electron chi connectivity index (χ2n) is 47.9. The molecule has 5 aromatic rings. The highest BCUT2D eigenvalue weighted by atomic mass is 16.6. The van der Waals surface area contributed by atoms with Crippen molar-refractivity contribution in [3.63, 3.8) is 0 Å². The number of imide groups is 4. The summed E-state index contributed by atoms with van der Waals surface area (Å²) in [5.74, 6) is 3.29. The monoisotopic (exact) mass is 2020 g/mol. The molecule has 5 aromatic carbocycles. The Kier molecular flexibility index (Phi) is 26.0. The van der Waals surface area contributed by atoms with Crippen molar-refractivity contribution in [2.75, 3.05) is 121 Å². The van der Waals surface area contributed by atoms with Crippen molar-refractivity contribution in [2.24, 2.45) is 11.8 Å². The number of amides is 14. The van der Waals surface area contributed by atoms with Crippen molar-refractivity contribution >= 4 is 59.9 Å². The molecule has 8 saturated heterocycles. The predicted octanol–water partition coefficient (Wildman–Crippen LogP) is 13.6. The largest absolute Gasteiger partial charge is 0.497 e. The number of fused-ring (bicyclic) bond motifs is 4. The quantitative estimate of drug-likeness (QED) is 0.0628. The molecular formula is C115H154N12O20. The molecule has 147 heavy (non-hydrogen) atoms. The number of benzene rings is 5. The van der Waals surface area contributed by atoms with Gasteiger partial charge in [0, 0.05) is 106 Å². The van der Waals surface area contributed by atoms with Crippen LogP contribution in [0.2, 0.25) is 0 Å². The Morgan fingerprint density at radius 1 is 0.354 bits per heavy atom. The third-order valence-corrected chi connectivity index (χ3v) is 39.0. The van der Waals surface area contributed by atoms with Crippen LogP contribution >= 0.6 is 0 Å². The van der Waals surface area contributed by atoms with E-state index in [9.17, 15) is 68.4 Å². The Morgan fingerprint density at radius 3 is 1.00 bits per heavy atom. The Labute approximate surface area is 864 Å². The molecule has 0 unspecified atom stereocenters. The standard InChI is InChI=1S/C32H43N3O6.C31H39N3O4.C28H39N3O6.C24H33N3O4/c1-29(2,3)41-28(38)33-14-13-30-19-31(26(36)34(17-20-5-6-20)27(37)35(31)18-21-7-8-21)11-12-32(30,39)25(33)15-22-9-10-23(40-4)16-24(22)30;1-4-33-27(35)30(34(5-2)28(33)36)14-15-31(37)26-19-23-11-12-24(38-3)20-25(23)29(31,21-30)16-18-32(26)17-13-22-9-7-6-8-10-22;1-7-29-22(32)27(31(8-2)23(29)33)11-12-28(35)21-15-18-9-10-19(36-6)16-20(18)26(28,17-27)13-14-30(21)24(34)37-25(3,4)5;1-5-26-20(28)23(27(6-2)21(26)29)9-10-24(30)19-13-16-7-8-17(31-4)14-18(16)22(24,15-23)11-12-25(19)3/h9-10,16,20-21,25,39H,5-8,11-15,17-19H2,1-4H3;6-12,20,26,37H,4-5,13-19,21H2,1-3H3;9-10,16,21,35H,7-8,11-15,17H2,1-6H3;7-8,14,19,30H,5-6,9-13,15H2,1-4H3/t25-,30-,31+,32-;26-,29-,30+,31-;21-,26-,27+,28-;19-,22-,23+,24-/m1111/s1. The highest BCUT2D eigenvalue weighted by Crippen LogP contribution is 2.69. The Balaban J connectivity index is 0.000000120. The molecule has 18 aliphatic rings. The maximum atomic E-state index is 14.4. The fraction of sp³-hybridized carbons (Fsp3) is 0.652. The van der Waals surface area contributed by atoms with E-state index in [2.05, 4.69) is 65.4 Å². The third kappa shape index (κ3) is 15.5. The van der Waals surface area contributed by atoms with Gasteiger partial charge in [0.1, 0.15) is 56.4 Å². The number of likely N-dealkylation sites (N-methyl/N-ethyl adjacent to an activating group) is 7. The molecule has 10 aliphatic carbocycles. The smallest absolute Gasteiger partial charge is 0.410 e. The number of nitrogens with zero attached hydrogens (tertiary/aromatic N) is 12. The lowest BCUT2D eigenvalue weighted by Crippen LogP contribution is -2.77. The highest BCUT2D eigenvalue weighted by Gasteiger charge is 2.78. The van der Waals surface area contributed by atoms with E-state index in [1.807, 2.05) is 143 Å². The number of carbonyl (C=O) groups is 10.